The molecule has 52 heavy (non-hydrogen) atoms. The second-order valence-electron chi connectivity index (χ2n) is 14.4. The largest absolute Gasteiger partial charge is 0.208 e. The summed E-state index contributed by atoms with van der Waals surface area (Å²) in [6.45, 7) is 4.72. The average molecular weight is 666 g/mol. The van der Waals surface area contributed by atoms with Crippen molar-refractivity contribution in [1.82, 2.24) is 15.0 Å². The van der Waals surface area contributed by atoms with Gasteiger partial charge in [-0.15, -0.1) is 0 Å². The normalized spacial score (nSPS) is 16.1. The summed E-state index contributed by atoms with van der Waals surface area (Å²) in [6.07, 6.45) is 0. The highest BCUT2D eigenvalue weighted by Crippen LogP contribution is 2.61. The number of benzene rings is 7. The van der Waals surface area contributed by atoms with E-state index in [2.05, 4.69) is 153 Å². The summed E-state index contributed by atoms with van der Waals surface area (Å²) in [7, 11) is 0. The molecule has 0 fully saturated rings. The monoisotopic (exact) mass is 665 g/mol. The van der Waals surface area contributed by atoms with Crippen molar-refractivity contribution in [1.29, 1.82) is 0 Å². The van der Waals surface area contributed by atoms with Crippen LogP contribution in [0, 0.1) is 0 Å². The van der Waals surface area contributed by atoms with E-state index in [-0.39, 0.29) is 5.41 Å². The second kappa shape index (κ2) is 11.5. The number of rotatable bonds is 5. The molecule has 1 atom stereocenters. The van der Waals surface area contributed by atoms with E-state index in [1.807, 2.05) is 36.4 Å². The van der Waals surface area contributed by atoms with E-state index in [9.17, 15) is 0 Å². The molecule has 3 heteroatoms. The molecule has 1 aromatic heterocycles. The van der Waals surface area contributed by atoms with Gasteiger partial charge in [0.25, 0.3) is 0 Å². The Morgan fingerprint density at radius 1 is 0.346 bits per heavy atom. The standard InChI is InChI=1S/C49H35N3/c1-48(2)39-25-14-13-24-38(39)44-41(48)27-16-28-42(44)49(35-21-10-5-11-22-35)40-26-15-12-23-36(40)37-30-29-34(31-43(37)49)47-51-45(32-17-6-3-7-18-32)50-46(52-47)33-19-8-4-9-20-33/h3-31H,1-2H3. The maximum atomic E-state index is 5.15. The smallest absolute Gasteiger partial charge is 0.164 e. The minimum atomic E-state index is -0.598. The van der Waals surface area contributed by atoms with Gasteiger partial charge in [-0.1, -0.05) is 184 Å². The quantitative estimate of drug-likeness (QED) is 0.184. The Balaban J connectivity index is 1.29. The van der Waals surface area contributed by atoms with E-state index in [4.69, 9.17) is 15.0 Å². The molecular weight excluding hydrogens is 631 g/mol. The van der Waals surface area contributed by atoms with Gasteiger partial charge in [-0.2, -0.15) is 0 Å². The summed E-state index contributed by atoms with van der Waals surface area (Å²) < 4.78 is 0. The first-order valence-corrected chi connectivity index (χ1v) is 18.0. The van der Waals surface area contributed by atoms with E-state index < -0.39 is 5.41 Å². The lowest BCUT2D eigenvalue weighted by atomic mass is 9.65. The lowest BCUT2D eigenvalue weighted by Gasteiger charge is -2.36. The van der Waals surface area contributed by atoms with E-state index in [1.165, 1.54) is 55.6 Å². The molecule has 0 radical (unpaired) electrons. The molecule has 0 aliphatic heterocycles. The summed E-state index contributed by atoms with van der Waals surface area (Å²) in [5, 5.41) is 0. The zero-order valence-corrected chi connectivity index (χ0v) is 29.1. The van der Waals surface area contributed by atoms with Crippen LogP contribution >= 0.6 is 0 Å². The molecule has 0 saturated heterocycles. The summed E-state index contributed by atoms with van der Waals surface area (Å²) in [5.41, 5.74) is 15.0. The van der Waals surface area contributed by atoms with E-state index in [0.29, 0.717) is 17.5 Å². The molecule has 3 nitrogen and oxygen atoms in total. The molecule has 7 aromatic carbocycles. The van der Waals surface area contributed by atoms with Crippen molar-refractivity contribution in [3.8, 4) is 56.4 Å². The number of hydrogen-bond donors (Lipinski definition) is 0. The molecule has 0 saturated carbocycles. The number of fused-ring (bicyclic) bond motifs is 6. The van der Waals surface area contributed by atoms with Crippen molar-refractivity contribution < 1.29 is 0 Å². The maximum Gasteiger partial charge on any atom is 0.164 e. The van der Waals surface area contributed by atoms with Crippen LogP contribution in [-0.2, 0) is 10.8 Å². The molecule has 2 aliphatic carbocycles. The molecule has 0 N–H and O–H groups in total. The first-order valence-electron chi connectivity index (χ1n) is 18.0. The van der Waals surface area contributed by atoms with Crippen molar-refractivity contribution in [2.24, 2.45) is 0 Å². The van der Waals surface area contributed by atoms with Gasteiger partial charge in [-0.05, 0) is 61.7 Å². The molecule has 1 heterocycles. The van der Waals surface area contributed by atoms with Crippen molar-refractivity contribution in [3.05, 3.63) is 209 Å². The molecule has 1 unspecified atom stereocenters. The summed E-state index contributed by atoms with van der Waals surface area (Å²) >= 11 is 0. The second-order valence-corrected chi connectivity index (χ2v) is 14.4. The zero-order chi connectivity index (χ0) is 34.9. The summed E-state index contributed by atoms with van der Waals surface area (Å²) in [6, 6.07) is 63.2. The van der Waals surface area contributed by atoms with Gasteiger partial charge in [0.05, 0.1) is 5.41 Å². The Labute approximate surface area is 304 Å². The van der Waals surface area contributed by atoms with Crippen LogP contribution in [-0.4, -0.2) is 15.0 Å². The molecule has 10 rings (SSSR count). The number of aromatic nitrogens is 3. The fourth-order valence-corrected chi connectivity index (χ4v) is 8.87. The molecule has 2 aliphatic rings. The van der Waals surface area contributed by atoms with E-state index in [0.717, 1.165) is 16.7 Å². The van der Waals surface area contributed by atoms with Crippen LogP contribution in [0.1, 0.15) is 47.2 Å². The summed E-state index contributed by atoms with van der Waals surface area (Å²) in [5.74, 6) is 1.96. The van der Waals surface area contributed by atoms with Gasteiger partial charge in [-0.25, -0.2) is 15.0 Å². The third-order valence-corrected chi connectivity index (χ3v) is 11.2. The maximum absolute atomic E-state index is 5.15. The zero-order valence-electron chi connectivity index (χ0n) is 29.1. The predicted octanol–water partition coefficient (Wildman–Crippen LogP) is 11.5. The van der Waals surface area contributed by atoms with Gasteiger partial charge in [-0.3, -0.25) is 0 Å². The van der Waals surface area contributed by atoms with Gasteiger partial charge in [0.1, 0.15) is 0 Å². The van der Waals surface area contributed by atoms with Crippen molar-refractivity contribution in [2.75, 3.05) is 0 Å². The third-order valence-electron chi connectivity index (χ3n) is 11.2. The third kappa shape index (κ3) is 4.36. The number of hydrogen-bond acceptors (Lipinski definition) is 3. The van der Waals surface area contributed by atoms with Gasteiger partial charge < -0.3 is 0 Å². The Bertz CT molecular complexity index is 2590. The van der Waals surface area contributed by atoms with Crippen LogP contribution < -0.4 is 0 Å². The van der Waals surface area contributed by atoms with E-state index in [1.54, 1.807) is 0 Å². The average Bonchev–Trinajstić information content (AvgIpc) is 3.64. The molecule has 0 spiro atoms. The van der Waals surface area contributed by atoms with Crippen LogP contribution in [0.25, 0.3) is 56.4 Å². The molecule has 0 bridgehead atoms. The minimum Gasteiger partial charge on any atom is -0.208 e. The van der Waals surface area contributed by atoms with Crippen LogP contribution in [0.4, 0.5) is 0 Å². The highest BCUT2D eigenvalue weighted by Gasteiger charge is 2.49. The Hall–Kier alpha value is -6.45. The van der Waals surface area contributed by atoms with Gasteiger partial charge >= 0.3 is 0 Å². The lowest BCUT2D eigenvalue weighted by molar-refractivity contribution is 0.658. The topological polar surface area (TPSA) is 38.7 Å². The fourth-order valence-electron chi connectivity index (χ4n) is 8.87. The van der Waals surface area contributed by atoms with Crippen molar-refractivity contribution in [3.63, 3.8) is 0 Å². The van der Waals surface area contributed by atoms with Gasteiger partial charge in [0.2, 0.25) is 0 Å². The molecule has 0 amide bonds. The van der Waals surface area contributed by atoms with E-state index >= 15 is 0 Å². The van der Waals surface area contributed by atoms with Crippen molar-refractivity contribution in [2.45, 2.75) is 24.7 Å². The highest BCUT2D eigenvalue weighted by atomic mass is 15.0. The number of nitrogens with zero attached hydrogens (tertiary/aromatic N) is 3. The van der Waals surface area contributed by atoms with Crippen LogP contribution in [0.2, 0.25) is 0 Å². The first kappa shape index (κ1) is 30.4. The van der Waals surface area contributed by atoms with Crippen LogP contribution in [0.15, 0.2) is 176 Å². The lowest BCUT2D eigenvalue weighted by Crippen LogP contribution is -2.29. The molecule has 8 aromatic rings. The van der Waals surface area contributed by atoms with Crippen LogP contribution in [0.3, 0.4) is 0 Å². The Kier molecular flexibility index (Phi) is 6.74. The predicted molar refractivity (Wildman–Crippen MR) is 211 cm³/mol. The Morgan fingerprint density at radius 3 is 1.48 bits per heavy atom. The summed E-state index contributed by atoms with van der Waals surface area (Å²) in [4.78, 5) is 15.3. The van der Waals surface area contributed by atoms with Gasteiger partial charge in [0.15, 0.2) is 17.5 Å². The molecule has 246 valence electrons. The van der Waals surface area contributed by atoms with Crippen LogP contribution in [0.5, 0.6) is 0 Å². The molecular formula is C49H35N3. The minimum absolute atomic E-state index is 0.130. The van der Waals surface area contributed by atoms with Crippen molar-refractivity contribution >= 4 is 0 Å². The van der Waals surface area contributed by atoms with Gasteiger partial charge in [0, 0.05) is 22.1 Å². The highest BCUT2D eigenvalue weighted by molar-refractivity contribution is 5.93. The fraction of sp³-hybridized carbons (Fsp3) is 0.0816. The first-order chi connectivity index (χ1) is 25.5. The SMILES string of the molecule is CC1(C)c2ccccc2-c2c1cccc2C1(c2ccccc2)c2ccccc2-c2ccc(-c3nc(-c4ccccc4)nc(-c4ccccc4)n3)cc21. The Morgan fingerprint density at radius 2 is 0.827 bits per heavy atom.